The van der Waals surface area contributed by atoms with Crippen molar-refractivity contribution in [3.63, 3.8) is 0 Å². The summed E-state index contributed by atoms with van der Waals surface area (Å²) >= 11 is 0. The van der Waals surface area contributed by atoms with Gasteiger partial charge in [0.15, 0.2) is 0 Å². The van der Waals surface area contributed by atoms with Gasteiger partial charge in [-0.3, -0.25) is 4.98 Å². The van der Waals surface area contributed by atoms with Gasteiger partial charge in [-0.2, -0.15) is 10.2 Å². The molecule has 0 saturated carbocycles. The Morgan fingerprint density at radius 3 is 2.62 bits per heavy atom. The van der Waals surface area contributed by atoms with Gasteiger partial charge in [-0.15, -0.1) is 0 Å². The van der Waals surface area contributed by atoms with Crippen LogP contribution in [0.3, 0.4) is 0 Å². The molecule has 0 aromatic carbocycles. The summed E-state index contributed by atoms with van der Waals surface area (Å²) in [5, 5.41) is 12.2. The van der Waals surface area contributed by atoms with E-state index in [1.807, 2.05) is 19.3 Å². The predicted molar refractivity (Wildman–Crippen MR) is 85.3 cm³/mol. The quantitative estimate of drug-likeness (QED) is 0.885. The first-order chi connectivity index (χ1) is 10.2. The highest BCUT2D eigenvalue weighted by Crippen LogP contribution is 2.26. The molecular weight excluding hydrogens is 260 g/mol. The Bertz CT molecular complexity index is 595. The first-order valence-electron chi connectivity index (χ1n) is 7.64. The Morgan fingerprint density at radius 2 is 1.95 bits per heavy atom. The summed E-state index contributed by atoms with van der Waals surface area (Å²) in [7, 11) is 0. The molecule has 0 amide bonds. The first kappa shape index (κ1) is 15.6. The van der Waals surface area contributed by atoms with Crippen LogP contribution in [0, 0.1) is 13.8 Å². The highest BCUT2D eigenvalue weighted by Gasteiger charge is 2.19. The van der Waals surface area contributed by atoms with Crippen LogP contribution < -0.4 is 5.32 Å². The minimum Gasteiger partial charge on any atom is -0.306 e. The van der Waals surface area contributed by atoms with Crippen LogP contribution in [0.5, 0.6) is 0 Å². The summed E-state index contributed by atoms with van der Waals surface area (Å²) in [5.74, 6) is 0. The van der Waals surface area contributed by atoms with Crippen molar-refractivity contribution in [2.45, 2.75) is 46.6 Å². The molecule has 0 spiro atoms. The van der Waals surface area contributed by atoms with Crippen molar-refractivity contribution in [3.8, 4) is 0 Å². The standard InChI is InChI=1S/C17H24N4/c1-5-8-19-17(15-11-18-9-7-12(15)3)14-10-13(4)20-21-16(14)6-2/h7,9-11,17,19H,5-6,8H2,1-4H3. The van der Waals surface area contributed by atoms with E-state index in [2.05, 4.69) is 53.4 Å². The smallest absolute Gasteiger partial charge is 0.0679 e. The number of hydrogen-bond donors (Lipinski definition) is 1. The van der Waals surface area contributed by atoms with E-state index in [9.17, 15) is 0 Å². The van der Waals surface area contributed by atoms with Crippen LogP contribution in [-0.2, 0) is 6.42 Å². The van der Waals surface area contributed by atoms with Crippen LogP contribution in [0.1, 0.15) is 54.4 Å². The van der Waals surface area contributed by atoms with Crippen molar-refractivity contribution >= 4 is 0 Å². The topological polar surface area (TPSA) is 50.7 Å². The lowest BCUT2D eigenvalue weighted by atomic mass is 9.94. The Labute approximate surface area is 127 Å². The summed E-state index contributed by atoms with van der Waals surface area (Å²) in [6.07, 6.45) is 5.77. The first-order valence-corrected chi connectivity index (χ1v) is 7.64. The minimum absolute atomic E-state index is 0.128. The zero-order valence-corrected chi connectivity index (χ0v) is 13.3. The van der Waals surface area contributed by atoms with E-state index in [1.54, 1.807) is 0 Å². The van der Waals surface area contributed by atoms with Gasteiger partial charge in [0.25, 0.3) is 0 Å². The lowest BCUT2D eigenvalue weighted by Gasteiger charge is -2.23. The van der Waals surface area contributed by atoms with Crippen LogP contribution in [-0.4, -0.2) is 21.7 Å². The summed E-state index contributed by atoms with van der Waals surface area (Å²) < 4.78 is 0. The molecule has 0 bridgehead atoms. The lowest BCUT2D eigenvalue weighted by molar-refractivity contribution is 0.584. The number of nitrogens with one attached hydrogen (secondary N) is 1. The molecule has 2 rings (SSSR count). The van der Waals surface area contributed by atoms with Crippen molar-refractivity contribution in [1.29, 1.82) is 0 Å². The number of nitrogens with zero attached hydrogens (tertiary/aromatic N) is 3. The molecule has 4 heteroatoms. The zero-order chi connectivity index (χ0) is 15.2. The second kappa shape index (κ2) is 7.27. The van der Waals surface area contributed by atoms with Gasteiger partial charge in [-0.05, 0) is 62.1 Å². The molecule has 1 N–H and O–H groups in total. The third kappa shape index (κ3) is 3.64. The fraction of sp³-hybridized carbons (Fsp3) is 0.471. The van der Waals surface area contributed by atoms with Crippen LogP contribution in [0.25, 0.3) is 0 Å². The van der Waals surface area contributed by atoms with Gasteiger partial charge in [-0.1, -0.05) is 13.8 Å². The maximum absolute atomic E-state index is 4.37. The molecule has 4 nitrogen and oxygen atoms in total. The highest BCUT2D eigenvalue weighted by molar-refractivity contribution is 5.37. The Balaban J connectivity index is 2.50. The fourth-order valence-corrected chi connectivity index (χ4v) is 2.51. The monoisotopic (exact) mass is 284 g/mol. The van der Waals surface area contributed by atoms with Crippen LogP contribution in [0.2, 0.25) is 0 Å². The van der Waals surface area contributed by atoms with Crippen molar-refractivity contribution in [1.82, 2.24) is 20.5 Å². The van der Waals surface area contributed by atoms with Crippen molar-refractivity contribution in [2.24, 2.45) is 0 Å². The number of pyridine rings is 1. The number of aryl methyl sites for hydroxylation is 3. The van der Waals surface area contributed by atoms with E-state index in [1.165, 1.54) is 16.7 Å². The van der Waals surface area contributed by atoms with E-state index < -0.39 is 0 Å². The minimum atomic E-state index is 0.128. The second-order valence-electron chi connectivity index (χ2n) is 5.36. The SMILES string of the molecule is CCCNC(c1cnccc1C)c1cc(C)nnc1CC. The third-order valence-corrected chi connectivity index (χ3v) is 3.66. The number of rotatable bonds is 6. The molecule has 0 fully saturated rings. The average molecular weight is 284 g/mol. The van der Waals surface area contributed by atoms with Crippen LogP contribution in [0.15, 0.2) is 24.5 Å². The van der Waals surface area contributed by atoms with Gasteiger partial charge in [0.2, 0.25) is 0 Å². The number of hydrogen-bond acceptors (Lipinski definition) is 4. The molecule has 0 aliphatic carbocycles. The fourth-order valence-electron chi connectivity index (χ4n) is 2.51. The maximum Gasteiger partial charge on any atom is 0.0679 e. The highest BCUT2D eigenvalue weighted by atomic mass is 15.1. The molecule has 2 aromatic heterocycles. The van der Waals surface area contributed by atoms with Gasteiger partial charge >= 0.3 is 0 Å². The molecule has 0 aliphatic heterocycles. The summed E-state index contributed by atoms with van der Waals surface area (Å²) in [6, 6.07) is 4.33. The van der Waals surface area contributed by atoms with Crippen LogP contribution >= 0.6 is 0 Å². The second-order valence-corrected chi connectivity index (χ2v) is 5.36. The van der Waals surface area contributed by atoms with Crippen molar-refractivity contribution in [2.75, 3.05) is 6.54 Å². The van der Waals surface area contributed by atoms with Gasteiger partial charge in [-0.25, -0.2) is 0 Å². The molecule has 21 heavy (non-hydrogen) atoms. The van der Waals surface area contributed by atoms with Gasteiger partial charge < -0.3 is 5.32 Å². The summed E-state index contributed by atoms with van der Waals surface area (Å²) in [5.41, 5.74) is 5.68. The molecule has 2 aromatic rings. The molecule has 0 radical (unpaired) electrons. The predicted octanol–water partition coefficient (Wildman–Crippen LogP) is 3.14. The van der Waals surface area contributed by atoms with E-state index in [0.29, 0.717) is 0 Å². The van der Waals surface area contributed by atoms with E-state index in [4.69, 9.17) is 0 Å². The molecule has 0 aliphatic rings. The van der Waals surface area contributed by atoms with Crippen molar-refractivity contribution in [3.05, 3.63) is 52.6 Å². The Hall–Kier alpha value is -1.81. The molecule has 1 unspecified atom stereocenters. The zero-order valence-electron chi connectivity index (χ0n) is 13.3. The van der Waals surface area contributed by atoms with E-state index >= 15 is 0 Å². The average Bonchev–Trinajstić information content (AvgIpc) is 2.49. The molecule has 112 valence electrons. The van der Waals surface area contributed by atoms with Crippen molar-refractivity contribution < 1.29 is 0 Å². The number of aromatic nitrogens is 3. The molecule has 2 heterocycles. The van der Waals surface area contributed by atoms with Gasteiger partial charge in [0.1, 0.15) is 0 Å². The lowest BCUT2D eigenvalue weighted by Crippen LogP contribution is -2.26. The summed E-state index contributed by atoms with van der Waals surface area (Å²) in [4.78, 5) is 4.30. The van der Waals surface area contributed by atoms with Gasteiger partial charge in [0.05, 0.1) is 17.4 Å². The Kier molecular flexibility index (Phi) is 5.39. The van der Waals surface area contributed by atoms with Crippen LogP contribution in [0.4, 0.5) is 0 Å². The normalized spacial score (nSPS) is 12.4. The summed E-state index contributed by atoms with van der Waals surface area (Å²) in [6.45, 7) is 9.38. The molecule has 1 atom stereocenters. The van der Waals surface area contributed by atoms with Gasteiger partial charge in [0, 0.05) is 12.4 Å². The molecular formula is C17H24N4. The molecule has 0 saturated heterocycles. The van der Waals surface area contributed by atoms with E-state index in [0.717, 1.165) is 30.8 Å². The third-order valence-electron chi connectivity index (χ3n) is 3.66. The Morgan fingerprint density at radius 1 is 1.14 bits per heavy atom. The largest absolute Gasteiger partial charge is 0.306 e. The maximum atomic E-state index is 4.37. The van der Waals surface area contributed by atoms with E-state index in [-0.39, 0.29) is 6.04 Å².